The quantitative estimate of drug-likeness (QED) is 0.934. The number of aryl methyl sites for hydroxylation is 1. The summed E-state index contributed by atoms with van der Waals surface area (Å²) >= 11 is 0. The van der Waals surface area contributed by atoms with Crippen LogP contribution < -0.4 is 0 Å². The molecule has 1 fully saturated rings. The zero-order valence-corrected chi connectivity index (χ0v) is 11.5. The highest BCUT2D eigenvalue weighted by molar-refractivity contribution is 6.01. The number of nitrogens with zero attached hydrogens (tertiary/aromatic N) is 2. The lowest BCUT2D eigenvalue weighted by molar-refractivity contribution is 0.00626. The number of carbonyl (C=O) groups is 1. The summed E-state index contributed by atoms with van der Waals surface area (Å²) in [7, 11) is 0. The van der Waals surface area contributed by atoms with Crippen molar-refractivity contribution in [1.82, 2.24) is 9.55 Å². The van der Waals surface area contributed by atoms with Crippen LogP contribution in [0, 0.1) is 6.92 Å². The summed E-state index contributed by atoms with van der Waals surface area (Å²) < 4.78 is 7.74. The van der Waals surface area contributed by atoms with Gasteiger partial charge in [-0.3, -0.25) is 0 Å². The molecule has 5 nitrogen and oxygen atoms in total. The van der Waals surface area contributed by atoms with Gasteiger partial charge in [0.05, 0.1) is 29.2 Å². The normalized spacial score (nSPS) is 19.4. The maximum Gasteiger partial charge on any atom is 0.337 e. The Labute approximate surface area is 117 Å². The second-order valence-corrected chi connectivity index (χ2v) is 5.24. The van der Waals surface area contributed by atoms with E-state index in [9.17, 15) is 9.90 Å². The van der Waals surface area contributed by atoms with Crippen LogP contribution in [0.1, 0.15) is 35.4 Å². The van der Waals surface area contributed by atoms with Crippen LogP contribution in [0.25, 0.3) is 11.0 Å². The Morgan fingerprint density at radius 2 is 2.35 bits per heavy atom. The molecule has 1 aliphatic rings. The maximum absolute atomic E-state index is 11.4. The van der Waals surface area contributed by atoms with Crippen LogP contribution in [-0.2, 0) is 11.3 Å². The van der Waals surface area contributed by atoms with Gasteiger partial charge in [0.2, 0.25) is 0 Å². The molecular weight excluding hydrogens is 256 g/mol. The molecule has 0 aliphatic carbocycles. The summed E-state index contributed by atoms with van der Waals surface area (Å²) in [5.74, 6) is -0.0795. The van der Waals surface area contributed by atoms with Crippen LogP contribution in [0.5, 0.6) is 0 Å². The van der Waals surface area contributed by atoms with Crippen molar-refractivity contribution in [3.63, 3.8) is 0 Å². The Morgan fingerprint density at radius 3 is 3.05 bits per heavy atom. The first-order chi connectivity index (χ1) is 9.66. The van der Waals surface area contributed by atoms with Gasteiger partial charge < -0.3 is 14.4 Å². The SMILES string of the molecule is Cc1nc2cccc(C(=O)O)c2n1CC1CCCCO1. The van der Waals surface area contributed by atoms with E-state index in [0.717, 1.165) is 30.8 Å². The standard InChI is InChI=1S/C15H18N2O3/c1-10-16-13-7-4-6-12(15(18)19)14(13)17(10)9-11-5-2-3-8-20-11/h4,6-7,11H,2-3,5,8-9H2,1H3,(H,18,19). The van der Waals surface area contributed by atoms with Gasteiger partial charge in [0.25, 0.3) is 0 Å². The van der Waals surface area contributed by atoms with Gasteiger partial charge in [0, 0.05) is 6.61 Å². The van der Waals surface area contributed by atoms with Crippen molar-refractivity contribution in [2.45, 2.75) is 38.8 Å². The highest BCUT2D eigenvalue weighted by Gasteiger charge is 2.20. The number of hydrogen-bond acceptors (Lipinski definition) is 3. The summed E-state index contributed by atoms with van der Waals surface area (Å²) in [6, 6.07) is 5.22. The largest absolute Gasteiger partial charge is 0.478 e. The van der Waals surface area contributed by atoms with Crippen molar-refractivity contribution in [1.29, 1.82) is 0 Å². The van der Waals surface area contributed by atoms with Gasteiger partial charge in [-0.25, -0.2) is 9.78 Å². The average Bonchev–Trinajstić information content (AvgIpc) is 2.76. The lowest BCUT2D eigenvalue weighted by atomic mass is 10.1. The number of aromatic carboxylic acids is 1. The van der Waals surface area contributed by atoms with Gasteiger partial charge in [-0.1, -0.05) is 6.07 Å². The van der Waals surface area contributed by atoms with Crippen LogP contribution in [0.3, 0.4) is 0 Å². The predicted octanol–water partition coefficient (Wildman–Crippen LogP) is 2.61. The first kappa shape index (κ1) is 13.1. The first-order valence-electron chi connectivity index (χ1n) is 6.97. The monoisotopic (exact) mass is 274 g/mol. The fourth-order valence-corrected chi connectivity index (χ4v) is 2.85. The minimum atomic E-state index is -0.915. The van der Waals surface area contributed by atoms with Gasteiger partial charge in [-0.2, -0.15) is 0 Å². The molecule has 1 N–H and O–H groups in total. The van der Waals surface area contributed by atoms with Crippen molar-refractivity contribution in [2.75, 3.05) is 6.61 Å². The summed E-state index contributed by atoms with van der Waals surface area (Å²) in [4.78, 5) is 15.9. The molecular formula is C15H18N2O3. The van der Waals surface area contributed by atoms with E-state index >= 15 is 0 Å². The highest BCUT2D eigenvalue weighted by atomic mass is 16.5. The molecule has 3 rings (SSSR count). The fourth-order valence-electron chi connectivity index (χ4n) is 2.85. The van der Waals surface area contributed by atoms with Crippen LogP contribution in [0.2, 0.25) is 0 Å². The van der Waals surface area contributed by atoms with Crippen molar-refractivity contribution in [3.8, 4) is 0 Å². The van der Waals surface area contributed by atoms with Gasteiger partial charge in [0.1, 0.15) is 5.82 Å². The zero-order chi connectivity index (χ0) is 14.1. The lowest BCUT2D eigenvalue weighted by Crippen LogP contribution is -2.25. The number of para-hydroxylation sites is 1. The van der Waals surface area contributed by atoms with E-state index < -0.39 is 5.97 Å². The van der Waals surface area contributed by atoms with E-state index in [1.807, 2.05) is 17.6 Å². The third kappa shape index (κ3) is 2.29. The Balaban J connectivity index is 2.04. The van der Waals surface area contributed by atoms with Gasteiger partial charge in [0.15, 0.2) is 0 Å². The average molecular weight is 274 g/mol. The van der Waals surface area contributed by atoms with Crippen molar-refractivity contribution in [2.24, 2.45) is 0 Å². The Hall–Kier alpha value is -1.88. The maximum atomic E-state index is 11.4. The Kier molecular flexibility index (Phi) is 3.44. The van der Waals surface area contributed by atoms with E-state index in [-0.39, 0.29) is 6.10 Å². The fraction of sp³-hybridized carbons (Fsp3) is 0.467. The molecule has 106 valence electrons. The molecule has 0 saturated carbocycles. The van der Waals surface area contributed by atoms with E-state index in [2.05, 4.69) is 4.98 Å². The molecule has 1 aromatic carbocycles. The van der Waals surface area contributed by atoms with Crippen LogP contribution in [-0.4, -0.2) is 33.3 Å². The Bertz CT molecular complexity index is 642. The topological polar surface area (TPSA) is 64.3 Å². The molecule has 0 bridgehead atoms. The number of rotatable bonds is 3. The third-order valence-corrected chi connectivity index (χ3v) is 3.85. The third-order valence-electron chi connectivity index (χ3n) is 3.85. The number of fused-ring (bicyclic) bond motifs is 1. The van der Waals surface area contributed by atoms with E-state index in [1.165, 1.54) is 6.42 Å². The van der Waals surface area contributed by atoms with Gasteiger partial charge >= 0.3 is 5.97 Å². The number of aromatic nitrogens is 2. The number of hydrogen-bond donors (Lipinski definition) is 1. The Morgan fingerprint density at radius 1 is 1.50 bits per heavy atom. The summed E-state index contributed by atoms with van der Waals surface area (Å²) in [5.41, 5.74) is 1.74. The molecule has 2 heterocycles. The number of imidazole rings is 1. The molecule has 1 atom stereocenters. The second-order valence-electron chi connectivity index (χ2n) is 5.24. The van der Waals surface area contributed by atoms with E-state index in [1.54, 1.807) is 12.1 Å². The van der Waals surface area contributed by atoms with Crippen LogP contribution >= 0.6 is 0 Å². The van der Waals surface area contributed by atoms with Crippen molar-refractivity contribution in [3.05, 3.63) is 29.6 Å². The molecule has 1 unspecified atom stereocenters. The number of carboxylic acids is 1. The number of ether oxygens (including phenoxy) is 1. The highest BCUT2D eigenvalue weighted by Crippen LogP contribution is 2.23. The first-order valence-corrected chi connectivity index (χ1v) is 6.97. The smallest absolute Gasteiger partial charge is 0.337 e. The number of carboxylic acid groups (broad SMARTS) is 1. The van der Waals surface area contributed by atoms with Crippen LogP contribution in [0.4, 0.5) is 0 Å². The summed E-state index contributed by atoms with van der Waals surface area (Å²) in [6.07, 6.45) is 3.46. The summed E-state index contributed by atoms with van der Waals surface area (Å²) in [6.45, 7) is 3.38. The lowest BCUT2D eigenvalue weighted by Gasteiger charge is -2.23. The zero-order valence-electron chi connectivity index (χ0n) is 11.5. The van der Waals surface area contributed by atoms with E-state index in [4.69, 9.17) is 4.74 Å². The minimum Gasteiger partial charge on any atom is -0.478 e. The van der Waals surface area contributed by atoms with Crippen molar-refractivity contribution >= 4 is 17.0 Å². The predicted molar refractivity (Wildman–Crippen MR) is 75.0 cm³/mol. The molecule has 20 heavy (non-hydrogen) atoms. The minimum absolute atomic E-state index is 0.154. The molecule has 1 aliphatic heterocycles. The van der Waals surface area contributed by atoms with Gasteiger partial charge in [-0.05, 0) is 38.3 Å². The van der Waals surface area contributed by atoms with Crippen molar-refractivity contribution < 1.29 is 14.6 Å². The molecule has 0 spiro atoms. The molecule has 0 radical (unpaired) electrons. The van der Waals surface area contributed by atoms with Crippen LogP contribution in [0.15, 0.2) is 18.2 Å². The molecule has 2 aromatic rings. The van der Waals surface area contributed by atoms with E-state index in [0.29, 0.717) is 17.6 Å². The molecule has 1 saturated heterocycles. The summed E-state index contributed by atoms with van der Waals surface area (Å²) in [5, 5.41) is 9.35. The molecule has 1 aromatic heterocycles. The van der Waals surface area contributed by atoms with Gasteiger partial charge in [-0.15, -0.1) is 0 Å². The number of benzene rings is 1. The molecule has 5 heteroatoms. The second kappa shape index (κ2) is 5.25. The molecule has 0 amide bonds.